The van der Waals surface area contributed by atoms with Crippen molar-refractivity contribution in [1.29, 1.82) is 0 Å². The molecule has 0 aliphatic heterocycles. The summed E-state index contributed by atoms with van der Waals surface area (Å²) in [6.45, 7) is 15.6. The van der Waals surface area contributed by atoms with E-state index in [-0.39, 0.29) is 9.49 Å². The average molecular weight is 519 g/mol. The topological polar surface area (TPSA) is 0 Å². The molecule has 0 unspecified atom stereocenters. The van der Waals surface area contributed by atoms with Crippen molar-refractivity contribution in [1.82, 2.24) is 0 Å². The van der Waals surface area contributed by atoms with E-state index >= 15 is 0 Å². The fourth-order valence-electron chi connectivity index (χ4n) is 4.81. The van der Waals surface area contributed by atoms with Crippen LogP contribution in [0.3, 0.4) is 0 Å². The van der Waals surface area contributed by atoms with Crippen LogP contribution in [0, 0.1) is 0 Å². The summed E-state index contributed by atoms with van der Waals surface area (Å²) in [5, 5.41) is 0. The van der Waals surface area contributed by atoms with Gasteiger partial charge in [-0.2, -0.15) is 19.3 Å². The van der Waals surface area contributed by atoms with Crippen molar-refractivity contribution < 1.29 is 0 Å². The van der Waals surface area contributed by atoms with Crippen LogP contribution in [0.15, 0.2) is 141 Å². The summed E-state index contributed by atoms with van der Waals surface area (Å²) in [4.78, 5) is 5.96. The number of benzene rings is 4. The van der Waals surface area contributed by atoms with Gasteiger partial charge in [0.1, 0.15) is 0 Å². The molecule has 184 valence electrons. The molecule has 0 saturated carbocycles. The van der Waals surface area contributed by atoms with Gasteiger partial charge in [-0.05, 0) is 75.1 Å². The van der Waals surface area contributed by atoms with Crippen LogP contribution < -0.4 is 0 Å². The van der Waals surface area contributed by atoms with E-state index < -0.39 is 19.3 Å². The second-order valence-electron chi connectivity index (χ2n) is 10.8. The van der Waals surface area contributed by atoms with Crippen molar-refractivity contribution in [2.45, 2.75) is 70.6 Å². The SMILES string of the molecule is CC(C)(C)S(PS(c1ccccc1)(c1ccccc1)C(C)(C)C)(c1ccccc1)c1ccccc1. The largest absolute Gasteiger partial charge is 0.156 e. The molecule has 0 N–H and O–H groups in total. The predicted molar refractivity (Wildman–Crippen MR) is 162 cm³/mol. The van der Waals surface area contributed by atoms with Gasteiger partial charge in [-0.15, -0.1) is 0 Å². The van der Waals surface area contributed by atoms with Gasteiger partial charge in [0.15, 0.2) is 0 Å². The number of hydrogen-bond acceptors (Lipinski definition) is 0. The minimum atomic E-state index is -1.44. The van der Waals surface area contributed by atoms with Gasteiger partial charge in [0.05, 0.1) is 0 Å². The zero-order chi connectivity index (χ0) is 25.2. The Morgan fingerprint density at radius 1 is 0.371 bits per heavy atom. The van der Waals surface area contributed by atoms with Crippen LogP contribution in [-0.4, -0.2) is 9.49 Å². The zero-order valence-corrected chi connectivity index (χ0v) is 24.5. The van der Waals surface area contributed by atoms with E-state index in [9.17, 15) is 0 Å². The van der Waals surface area contributed by atoms with E-state index in [2.05, 4.69) is 163 Å². The van der Waals surface area contributed by atoms with Crippen LogP contribution in [0.25, 0.3) is 0 Å². The molecule has 0 amide bonds. The average Bonchev–Trinajstić information content (AvgIpc) is 2.85. The lowest BCUT2D eigenvalue weighted by atomic mass is 10.3. The van der Waals surface area contributed by atoms with Gasteiger partial charge in [0.2, 0.25) is 0 Å². The molecular formula is C32H39PS2. The highest BCUT2D eigenvalue weighted by molar-refractivity contribution is 9.04. The molecule has 0 atom stereocenters. The maximum atomic E-state index is 2.47. The molecule has 35 heavy (non-hydrogen) atoms. The van der Waals surface area contributed by atoms with Crippen molar-refractivity contribution in [2.24, 2.45) is 0 Å². The summed E-state index contributed by atoms with van der Waals surface area (Å²) in [5.41, 5.74) is 0. The molecule has 0 aliphatic rings. The molecule has 4 aromatic carbocycles. The summed E-state index contributed by atoms with van der Waals surface area (Å²) in [5.74, 6) is 0. The Morgan fingerprint density at radius 2 is 0.571 bits per heavy atom. The van der Waals surface area contributed by atoms with Gasteiger partial charge in [0, 0.05) is 9.49 Å². The van der Waals surface area contributed by atoms with Crippen molar-refractivity contribution in [2.75, 3.05) is 0 Å². The molecular weight excluding hydrogens is 479 g/mol. The highest BCUT2D eigenvalue weighted by atomic mass is 33.1. The quantitative estimate of drug-likeness (QED) is 0.223. The Hall–Kier alpha value is -1.99. The first-order valence-corrected chi connectivity index (χ1v) is 18.0. The molecule has 0 bridgehead atoms. The lowest BCUT2D eigenvalue weighted by Crippen LogP contribution is -2.28. The number of rotatable bonds is 6. The van der Waals surface area contributed by atoms with E-state index in [1.165, 1.54) is 19.6 Å². The maximum absolute atomic E-state index is 2.47. The molecule has 0 spiro atoms. The van der Waals surface area contributed by atoms with Crippen molar-refractivity contribution >= 4 is 26.3 Å². The Morgan fingerprint density at radius 3 is 0.743 bits per heavy atom. The highest BCUT2D eigenvalue weighted by Crippen LogP contribution is 2.98. The van der Waals surface area contributed by atoms with Crippen LogP contribution >= 0.6 is 26.3 Å². The Bertz CT molecular complexity index is 1030. The zero-order valence-electron chi connectivity index (χ0n) is 21.9. The van der Waals surface area contributed by atoms with Gasteiger partial charge in [-0.1, -0.05) is 114 Å². The van der Waals surface area contributed by atoms with E-state index in [1.807, 2.05) is 0 Å². The third-order valence-electron chi connectivity index (χ3n) is 6.47. The Balaban J connectivity index is 2.15. The third-order valence-corrected chi connectivity index (χ3v) is 27.1. The lowest BCUT2D eigenvalue weighted by molar-refractivity contribution is 0.785. The monoisotopic (exact) mass is 518 g/mol. The molecule has 0 fully saturated rings. The van der Waals surface area contributed by atoms with E-state index in [0.29, 0.717) is 0 Å². The lowest BCUT2D eigenvalue weighted by Gasteiger charge is -2.61. The van der Waals surface area contributed by atoms with Gasteiger partial charge in [-0.25, -0.2) is 0 Å². The maximum Gasteiger partial charge on any atom is 0.00351 e. The molecule has 0 heterocycles. The smallest absolute Gasteiger partial charge is 0.00351 e. The standard InChI is InChI=1S/C32H39PS2/c1-31(2,3)34(27-19-11-7-12-20-27,28-21-13-8-14-22-28)33-35(32(4,5)6,29-23-15-9-16-24-29)30-25-17-10-18-26-30/h7-26,33H,1-6H3. The van der Waals surface area contributed by atoms with Crippen LogP contribution in [0.4, 0.5) is 0 Å². The Kier molecular flexibility index (Phi) is 7.58. The van der Waals surface area contributed by atoms with E-state index in [1.54, 1.807) is 0 Å². The van der Waals surface area contributed by atoms with Crippen LogP contribution in [0.5, 0.6) is 0 Å². The summed E-state index contributed by atoms with van der Waals surface area (Å²) >= 11 is 0. The summed E-state index contributed by atoms with van der Waals surface area (Å²) < 4.78 is 0.141. The van der Waals surface area contributed by atoms with Crippen LogP contribution in [-0.2, 0) is 0 Å². The second-order valence-corrected chi connectivity index (χ2v) is 23.4. The van der Waals surface area contributed by atoms with Crippen molar-refractivity contribution in [3.8, 4) is 0 Å². The minimum Gasteiger partial charge on any atom is -0.156 e. The molecule has 0 aliphatic carbocycles. The summed E-state index contributed by atoms with van der Waals surface area (Å²) in [7, 11) is -2.88. The first-order chi connectivity index (χ1) is 16.6. The van der Waals surface area contributed by atoms with Crippen LogP contribution in [0.1, 0.15) is 41.5 Å². The summed E-state index contributed by atoms with van der Waals surface area (Å²) in [6.07, 6.45) is 0. The van der Waals surface area contributed by atoms with Crippen LogP contribution in [0.2, 0.25) is 0 Å². The first kappa shape index (κ1) is 26.1. The van der Waals surface area contributed by atoms with Gasteiger partial charge in [0.25, 0.3) is 0 Å². The fourth-order valence-corrected chi connectivity index (χ4v) is 28.5. The molecule has 4 rings (SSSR count). The molecule has 4 aromatic rings. The molecule has 0 radical (unpaired) electrons. The van der Waals surface area contributed by atoms with Crippen molar-refractivity contribution in [3.05, 3.63) is 121 Å². The predicted octanol–water partition coefficient (Wildman–Crippen LogP) is 10.9. The van der Waals surface area contributed by atoms with Gasteiger partial charge < -0.3 is 0 Å². The third kappa shape index (κ3) is 4.74. The highest BCUT2D eigenvalue weighted by Gasteiger charge is 2.50. The van der Waals surface area contributed by atoms with Gasteiger partial charge >= 0.3 is 0 Å². The normalized spacial score (nSPS) is 13.9. The van der Waals surface area contributed by atoms with E-state index in [4.69, 9.17) is 0 Å². The molecule has 0 aromatic heterocycles. The number of hydrogen-bond donors (Lipinski definition) is 0. The molecule has 3 heteroatoms. The van der Waals surface area contributed by atoms with Gasteiger partial charge in [-0.3, -0.25) is 0 Å². The first-order valence-electron chi connectivity index (χ1n) is 12.3. The molecule has 0 nitrogen and oxygen atoms in total. The summed E-state index contributed by atoms with van der Waals surface area (Å²) in [6, 6.07) is 45.6. The fraction of sp³-hybridized carbons (Fsp3) is 0.250. The van der Waals surface area contributed by atoms with E-state index in [0.717, 1.165) is 6.98 Å². The van der Waals surface area contributed by atoms with Crippen molar-refractivity contribution in [3.63, 3.8) is 0 Å². The molecule has 0 saturated heterocycles. The minimum absolute atomic E-state index is 0.0706. The second kappa shape index (κ2) is 10.2. The Labute approximate surface area is 217 Å².